The standard InChI is InChI=1S/C40H65NO/c1-3-5-7-9-11-13-15-16-17-19-21-23-25-35-42-40-33-29-38(30-34-40)36-41-39-31-27-37(28-32-39)26-24-22-20-18-14-12-10-8-6-4-2/h27-34,36H,3-26,35H2,1-2H3. The summed E-state index contributed by atoms with van der Waals surface area (Å²) in [7, 11) is 0. The number of benzene rings is 2. The molecule has 2 rings (SSSR count). The average Bonchev–Trinajstić information content (AvgIpc) is 3.02. The lowest BCUT2D eigenvalue weighted by atomic mass is 10.0. The predicted octanol–water partition coefficient (Wildman–Crippen LogP) is 13.4. The third kappa shape index (κ3) is 19.9. The Kier molecular flexibility index (Phi) is 22.8. The van der Waals surface area contributed by atoms with Crippen LogP contribution in [0.15, 0.2) is 53.5 Å². The van der Waals surface area contributed by atoms with E-state index in [1.54, 1.807) is 0 Å². The minimum atomic E-state index is 0.816. The van der Waals surface area contributed by atoms with Gasteiger partial charge in [0.15, 0.2) is 0 Å². The van der Waals surface area contributed by atoms with E-state index < -0.39 is 0 Å². The summed E-state index contributed by atoms with van der Waals surface area (Å²) in [4.78, 5) is 4.68. The summed E-state index contributed by atoms with van der Waals surface area (Å²) in [5, 5.41) is 0. The van der Waals surface area contributed by atoms with Gasteiger partial charge in [0.25, 0.3) is 0 Å². The van der Waals surface area contributed by atoms with E-state index in [0.717, 1.165) is 30.0 Å². The van der Waals surface area contributed by atoms with Gasteiger partial charge in [0.1, 0.15) is 5.75 Å². The summed E-state index contributed by atoms with van der Waals surface area (Å²) < 4.78 is 5.97. The molecule has 2 aromatic rings. The number of aryl methyl sites for hydroxylation is 1. The van der Waals surface area contributed by atoms with E-state index >= 15 is 0 Å². The highest BCUT2D eigenvalue weighted by Crippen LogP contribution is 2.18. The molecular formula is C40H65NO. The van der Waals surface area contributed by atoms with Gasteiger partial charge in [-0.25, -0.2) is 0 Å². The maximum Gasteiger partial charge on any atom is 0.119 e. The van der Waals surface area contributed by atoms with E-state index in [-0.39, 0.29) is 0 Å². The second-order valence-corrected chi connectivity index (χ2v) is 12.5. The SMILES string of the molecule is CCCCCCCCCCCCCCCOc1ccc(C=Nc2ccc(CCCCCCCCCCCC)cc2)cc1. The van der Waals surface area contributed by atoms with Crippen LogP contribution in [-0.4, -0.2) is 12.8 Å². The monoisotopic (exact) mass is 576 g/mol. The second kappa shape index (κ2) is 26.5. The van der Waals surface area contributed by atoms with Crippen molar-refractivity contribution >= 4 is 11.9 Å². The van der Waals surface area contributed by atoms with Crippen molar-refractivity contribution in [1.29, 1.82) is 0 Å². The van der Waals surface area contributed by atoms with Gasteiger partial charge in [0, 0.05) is 6.21 Å². The molecule has 0 saturated carbocycles. The first-order valence-corrected chi connectivity index (χ1v) is 18.2. The fourth-order valence-corrected chi connectivity index (χ4v) is 5.67. The van der Waals surface area contributed by atoms with Crippen molar-refractivity contribution in [1.82, 2.24) is 0 Å². The summed E-state index contributed by atoms with van der Waals surface area (Å²) in [6.07, 6.45) is 35.0. The van der Waals surface area contributed by atoms with Crippen LogP contribution < -0.4 is 4.74 Å². The molecule has 0 spiro atoms. The molecular weight excluding hydrogens is 510 g/mol. The van der Waals surface area contributed by atoms with E-state index in [2.05, 4.69) is 67.4 Å². The maximum atomic E-state index is 5.97. The van der Waals surface area contributed by atoms with E-state index in [1.807, 2.05) is 6.21 Å². The fourth-order valence-electron chi connectivity index (χ4n) is 5.67. The highest BCUT2D eigenvalue weighted by molar-refractivity contribution is 5.82. The number of hydrogen-bond acceptors (Lipinski definition) is 2. The number of rotatable bonds is 28. The van der Waals surface area contributed by atoms with Crippen LogP contribution in [0, 0.1) is 0 Å². The molecule has 0 atom stereocenters. The molecule has 0 aromatic heterocycles. The van der Waals surface area contributed by atoms with Crippen molar-refractivity contribution in [2.75, 3.05) is 6.61 Å². The number of unbranched alkanes of at least 4 members (excludes halogenated alkanes) is 21. The van der Waals surface area contributed by atoms with Gasteiger partial charge in [-0.2, -0.15) is 0 Å². The zero-order valence-corrected chi connectivity index (χ0v) is 27.7. The molecule has 0 aliphatic rings. The molecule has 0 aliphatic heterocycles. The molecule has 2 heteroatoms. The minimum absolute atomic E-state index is 0.816. The first-order valence-electron chi connectivity index (χ1n) is 18.2. The van der Waals surface area contributed by atoms with E-state index in [1.165, 1.54) is 153 Å². The molecule has 2 aromatic carbocycles. The summed E-state index contributed by atoms with van der Waals surface area (Å²) in [5.41, 5.74) is 3.56. The quantitative estimate of drug-likeness (QED) is 0.0730. The Bertz CT molecular complexity index is 870. The van der Waals surface area contributed by atoms with Gasteiger partial charge in [0.2, 0.25) is 0 Å². The van der Waals surface area contributed by atoms with Crippen LogP contribution in [0.25, 0.3) is 0 Å². The molecule has 0 unspecified atom stereocenters. The Labute approximate surface area is 261 Å². The molecule has 0 bridgehead atoms. The van der Waals surface area contributed by atoms with Crippen molar-refractivity contribution in [2.24, 2.45) is 4.99 Å². The number of aliphatic imine (C=N–C) groups is 1. The molecule has 0 radical (unpaired) electrons. The van der Waals surface area contributed by atoms with Crippen LogP contribution in [0.4, 0.5) is 5.69 Å². The lowest BCUT2D eigenvalue weighted by Crippen LogP contribution is -1.97. The van der Waals surface area contributed by atoms with Crippen LogP contribution in [0.3, 0.4) is 0 Å². The summed E-state index contributed by atoms with van der Waals surface area (Å²) in [6, 6.07) is 17.1. The maximum absolute atomic E-state index is 5.97. The van der Waals surface area contributed by atoms with Gasteiger partial charge in [-0.1, -0.05) is 161 Å². The zero-order chi connectivity index (χ0) is 29.8. The highest BCUT2D eigenvalue weighted by Gasteiger charge is 1.99. The van der Waals surface area contributed by atoms with Gasteiger partial charge in [-0.15, -0.1) is 0 Å². The molecule has 0 amide bonds. The van der Waals surface area contributed by atoms with Crippen LogP contribution >= 0.6 is 0 Å². The molecule has 236 valence electrons. The second-order valence-electron chi connectivity index (χ2n) is 12.5. The normalized spacial score (nSPS) is 11.5. The van der Waals surface area contributed by atoms with Crippen LogP contribution in [0.5, 0.6) is 5.75 Å². The predicted molar refractivity (Wildman–Crippen MR) is 187 cm³/mol. The summed E-state index contributed by atoms with van der Waals surface area (Å²) >= 11 is 0. The lowest BCUT2D eigenvalue weighted by molar-refractivity contribution is 0.304. The van der Waals surface area contributed by atoms with Gasteiger partial charge >= 0.3 is 0 Å². The Morgan fingerprint density at radius 1 is 0.476 bits per heavy atom. The Morgan fingerprint density at radius 2 is 0.905 bits per heavy atom. The van der Waals surface area contributed by atoms with E-state index in [9.17, 15) is 0 Å². The number of hydrogen-bond donors (Lipinski definition) is 0. The Hall–Kier alpha value is -2.09. The molecule has 0 aliphatic carbocycles. The molecule has 0 N–H and O–H groups in total. The molecule has 42 heavy (non-hydrogen) atoms. The van der Waals surface area contributed by atoms with E-state index in [0.29, 0.717) is 0 Å². The van der Waals surface area contributed by atoms with Gasteiger partial charge in [-0.05, 0) is 66.8 Å². The van der Waals surface area contributed by atoms with Crippen molar-refractivity contribution in [3.05, 3.63) is 59.7 Å². The summed E-state index contributed by atoms with van der Waals surface area (Å²) in [6.45, 7) is 5.40. The fraction of sp³-hybridized carbons (Fsp3) is 0.675. The van der Waals surface area contributed by atoms with E-state index in [4.69, 9.17) is 4.74 Å². The van der Waals surface area contributed by atoms with Gasteiger partial charge in [0.05, 0.1) is 12.3 Å². The Morgan fingerprint density at radius 3 is 1.38 bits per heavy atom. The van der Waals surface area contributed by atoms with Crippen molar-refractivity contribution < 1.29 is 4.74 Å². The van der Waals surface area contributed by atoms with Crippen molar-refractivity contribution in [2.45, 2.75) is 168 Å². The van der Waals surface area contributed by atoms with Crippen LogP contribution in [0.2, 0.25) is 0 Å². The third-order valence-electron chi connectivity index (χ3n) is 8.51. The smallest absolute Gasteiger partial charge is 0.119 e. The molecule has 2 nitrogen and oxygen atoms in total. The summed E-state index contributed by atoms with van der Waals surface area (Å²) in [5.74, 6) is 0.961. The largest absolute Gasteiger partial charge is 0.494 e. The average molecular weight is 576 g/mol. The van der Waals surface area contributed by atoms with Gasteiger partial charge in [-0.3, -0.25) is 4.99 Å². The minimum Gasteiger partial charge on any atom is -0.494 e. The topological polar surface area (TPSA) is 21.6 Å². The zero-order valence-electron chi connectivity index (χ0n) is 27.7. The van der Waals surface area contributed by atoms with Crippen molar-refractivity contribution in [3.8, 4) is 5.75 Å². The molecule has 0 fully saturated rings. The number of ether oxygens (including phenoxy) is 1. The molecule has 0 heterocycles. The lowest BCUT2D eigenvalue weighted by Gasteiger charge is -2.07. The molecule has 0 saturated heterocycles. The van der Waals surface area contributed by atoms with Crippen LogP contribution in [0.1, 0.15) is 173 Å². The van der Waals surface area contributed by atoms with Gasteiger partial charge < -0.3 is 4.74 Å². The highest BCUT2D eigenvalue weighted by atomic mass is 16.5. The first kappa shape index (κ1) is 36.1. The third-order valence-corrected chi connectivity index (χ3v) is 8.51. The Balaban J connectivity index is 1.47. The van der Waals surface area contributed by atoms with Crippen LogP contribution in [-0.2, 0) is 6.42 Å². The number of nitrogens with zero attached hydrogens (tertiary/aromatic N) is 1. The first-order chi connectivity index (χ1) is 20.8. The van der Waals surface area contributed by atoms with Crippen molar-refractivity contribution in [3.63, 3.8) is 0 Å².